The van der Waals surface area contributed by atoms with E-state index in [1.54, 1.807) is 6.07 Å². The molecule has 0 aliphatic carbocycles. The van der Waals surface area contributed by atoms with Crippen molar-refractivity contribution in [1.29, 1.82) is 5.26 Å². The smallest absolute Gasteiger partial charge is 0.150 e. The molecule has 1 aromatic carbocycles. The summed E-state index contributed by atoms with van der Waals surface area (Å²) >= 11 is 6.37. The lowest BCUT2D eigenvalue weighted by atomic mass is 10.2. The number of hydrogen-bond acceptors (Lipinski definition) is 3. The first-order valence-electron chi connectivity index (χ1n) is 3.16. The van der Waals surface area contributed by atoms with Gasteiger partial charge in [-0.1, -0.05) is 0 Å². The maximum Gasteiger partial charge on any atom is 0.150 e. The van der Waals surface area contributed by atoms with Crippen LogP contribution in [-0.2, 0) is 0 Å². The number of thiol groups is 1. The molecule has 0 fully saturated rings. The minimum Gasteiger partial charge on any atom is -0.494 e. The van der Waals surface area contributed by atoms with E-state index in [0.29, 0.717) is 11.3 Å². The van der Waals surface area contributed by atoms with Crippen LogP contribution in [0.3, 0.4) is 0 Å². The Morgan fingerprint density at radius 1 is 1.58 bits per heavy atom. The Hall–Kier alpha value is -0.410. The molecule has 1 rings (SSSR count). The lowest BCUT2D eigenvalue weighted by Crippen LogP contribution is -1.91. The molecule has 0 saturated carbocycles. The van der Waals surface area contributed by atoms with Crippen molar-refractivity contribution in [1.82, 2.24) is 0 Å². The Labute approximate surface area is 90.1 Å². The van der Waals surface area contributed by atoms with Gasteiger partial charge in [-0.05, 0) is 34.7 Å². The molecule has 62 valence electrons. The van der Waals surface area contributed by atoms with Crippen LogP contribution < -0.4 is 4.74 Å². The van der Waals surface area contributed by atoms with Crippen molar-refractivity contribution in [3.05, 3.63) is 21.3 Å². The van der Waals surface area contributed by atoms with E-state index in [2.05, 4.69) is 35.2 Å². The molecule has 1 aromatic rings. The summed E-state index contributed by atoms with van der Waals surface area (Å²) in [6.45, 7) is 0. The number of hydrogen-bond donors (Lipinski definition) is 1. The topological polar surface area (TPSA) is 33.0 Å². The van der Waals surface area contributed by atoms with Crippen LogP contribution in [0.1, 0.15) is 5.56 Å². The molecule has 4 heteroatoms. The fourth-order valence-corrected chi connectivity index (χ4v) is 1.55. The molecule has 0 N–H and O–H groups in total. The first kappa shape index (κ1) is 9.68. The molecule has 0 aliphatic rings. The van der Waals surface area contributed by atoms with Gasteiger partial charge in [0.25, 0.3) is 0 Å². The van der Waals surface area contributed by atoms with Crippen LogP contribution in [0.25, 0.3) is 0 Å². The third kappa shape index (κ3) is 1.67. The Bertz CT molecular complexity index is 346. The highest BCUT2D eigenvalue weighted by atomic mass is 127. The number of methoxy groups -OCH3 is 1. The van der Waals surface area contributed by atoms with Crippen molar-refractivity contribution in [3.63, 3.8) is 0 Å². The third-order valence-corrected chi connectivity index (χ3v) is 3.18. The normalized spacial score (nSPS) is 9.17. The highest BCUT2D eigenvalue weighted by Gasteiger charge is 2.08. The molecular weight excluding hydrogens is 285 g/mol. The Morgan fingerprint density at radius 2 is 2.25 bits per heavy atom. The molecule has 0 saturated heterocycles. The molecule has 0 unspecified atom stereocenters. The maximum atomic E-state index is 8.70. The Morgan fingerprint density at radius 3 is 2.75 bits per heavy atom. The first-order chi connectivity index (χ1) is 5.70. The molecule has 12 heavy (non-hydrogen) atoms. The molecule has 0 aromatic heterocycles. The van der Waals surface area contributed by atoms with E-state index >= 15 is 0 Å². The second-order valence-electron chi connectivity index (χ2n) is 2.09. The summed E-state index contributed by atoms with van der Waals surface area (Å²) in [6, 6.07) is 5.60. The number of benzene rings is 1. The summed E-state index contributed by atoms with van der Waals surface area (Å²) in [4.78, 5) is 0.720. The van der Waals surface area contributed by atoms with Gasteiger partial charge in [-0.3, -0.25) is 0 Å². The minimum atomic E-state index is 0.517. The van der Waals surface area contributed by atoms with Crippen LogP contribution in [0, 0.1) is 14.9 Å². The molecular formula is C8H6INOS. The average molecular weight is 291 g/mol. The number of ether oxygens (including phenoxy) is 1. The van der Waals surface area contributed by atoms with Crippen LogP contribution in [0.4, 0.5) is 0 Å². The monoisotopic (exact) mass is 291 g/mol. The lowest BCUT2D eigenvalue weighted by molar-refractivity contribution is 0.403. The van der Waals surface area contributed by atoms with Gasteiger partial charge in [0, 0.05) is 3.57 Å². The minimum absolute atomic E-state index is 0.517. The van der Waals surface area contributed by atoms with Gasteiger partial charge >= 0.3 is 0 Å². The van der Waals surface area contributed by atoms with Crippen LogP contribution in [-0.4, -0.2) is 7.11 Å². The molecule has 0 heterocycles. The van der Waals surface area contributed by atoms with Crippen LogP contribution >= 0.6 is 35.2 Å². The zero-order valence-corrected chi connectivity index (χ0v) is 9.39. The van der Waals surface area contributed by atoms with E-state index < -0.39 is 0 Å². The van der Waals surface area contributed by atoms with Gasteiger partial charge in [0.1, 0.15) is 6.07 Å². The molecule has 0 atom stereocenters. The van der Waals surface area contributed by atoms with Crippen molar-refractivity contribution < 1.29 is 4.74 Å². The summed E-state index contributed by atoms with van der Waals surface area (Å²) < 4.78 is 6.02. The summed E-state index contributed by atoms with van der Waals surface area (Å²) in [7, 11) is 1.53. The van der Waals surface area contributed by atoms with Crippen molar-refractivity contribution >= 4 is 35.2 Å². The van der Waals surface area contributed by atoms with Crippen molar-refractivity contribution in [2.75, 3.05) is 7.11 Å². The van der Waals surface area contributed by atoms with E-state index in [9.17, 15) is 0 Å². The van der Waals surface area contributed by atoms with E-state index in [-0.39, 0.29) is 0 Å². The fraction of sp³-hybridized carbons (Fsp3) is 0.125. The van der Waals surface area contributed by atoms with E-state index in [4.69, 9.17) is 10.00 Å². The molecule has 2 nitrogen and oxygen atoms in total. The van der Waals surface area contributed by atoms with Crippen molar-refractivity contribution in [3.8, 4) is 11.8 Å². The van der Waals surface area contributed by atoms with Crippen LogP contribution in [0.2, 0.25) is 0 Å². The fourth-order valence-electron chi connectivity index (χ4n) is 0.842. The van der Waals surface area contributed by atoms with Crippen LogP contribution in [0.15, 0.2) is 17.0 Å². The highest BCUT2D eigenvalue weighted by Crippen LogP contribution is 2.30. The van der Waals surface area contributed by atoms with Gasteiger partial charge in [0.05, 0.1) is 17.6 Å². The van der Waals surface area contributed by atoms with Crippen molar-refractivity contribution in [2.24, 2.45) is 0 Å². The van der Waals surface area contributed by atoms with Gasteiger partial charge in [0.15, 0.2) is 5.75 Å². The predicted octanol–water partition coefficient (Wildman–Crippen LogP) is 2.46. The first-order valence-corrected chi connectivity index (χ1v) is 4.69. The third-order valence-electron chi connectivity index (χ3n) is 1.41. The maximum absolute atomic E-state index is 8.70. The van der Waals surface area contributed by atoms with E-state index in [1.165, 1.54) is 7.11 Å². The standard InChI is InChI=1S/C8H6INOS/c1-11-7-5(4-10)2-3-6(9)8(7)12/h2-3,12H,1H3. The van der Waals surface area contributed by atoms with Gasteiger partial charge in [0.2, 0.25) is 0 Å². The molecule has 0 bridgehead atoms. The number of nitrogens with zero attached hydrogens (tertiary/aromatic N) is 1. The lowest BCUT2D eigenvalue weighted by Gasteiger charge is -2.06. The highest BCUT2D eigenvalue weighted by molar-refractivity contribution is 14.1. The summed E-state index contributed by atoms with van der Waals surface area (Å²) in [5.74, 6) is 0.549. The van der Waals surface area contributed by atoms with E-state index in [0.717, 1.165) is 8.47 Å². The number of nitriles is 1. The number of halogens is 1. The van der Waals surface area contributed by atoms with Gasteiger partial charge < -0.3 is 4.74 Å². The second-order valence-corrected chi connectivity index (χ2v) is 3.70. The summed E-state index contributed by atoms with van der Waals surface area (Å²) in [6.07, 6.45) is 0. The second kappa shape index (κ2) is 4.01. The zero-order valence-electron chi connectivity index (χ0n) is 6.34. The van der Waals surface area contributed by atoms with Crippen LogP contribution in [0.5, 0.6) is 5.75 Å². The molecule has 0 spiro atoms. The molecule has 0 radical (unpaired) electrons. The molecule has 0 aliphatic heterocycles. The van der Waals surface area contributed by atoms with E-state index in [1.807, 2.05) is 12.1 Å². The Balaban J connectivity index is 3.38. The Kier molecular flexibility index (Phi) is 3.23. The van der Waals surface area contributed by atoms with Crippen molar-refractivity contribution in [2.45, 2.75) is 4.90 Å². The summed E-state index contributed by atoms with van der Waals surface area (Å²) in [5, 5.41) is 8.70. The molecule has 0 amide bonds. The summed E-state index contributed by atoms with van der Waals surface area (Å²) in [5.41, 5.74) is 0.517. The van der Waals surface area contributed by atoms with Gasteiger partial charge in [-0.15, -0.1) is 12.6 Å². The predicted molar refractivity (Wildman–Crippen MR) is 57.7 cm³/mol. The SMILES string of the molecule is COc1c(C#N)ccc(I)c1S. The quantitative estimate of drug-likeness (QED) is 0.637. The van der Waals surface area contributed by atoms with Gasteiger partial charge in [-0.2, -0.15) is 5.26 Å². The van der Waals surface area contributed by atoms with Gasteiger partial charge in [-0.25, -0.2) is 0 Å². The average Bonchev–Trinajstić information content (AvgIpc) is 2.09. The largest absolute Gasteiger partial charge is 0.494 e. The number of rotatable bonds is 1. The zero-order chi connectivity index (χ0) is 9.14.